The summed E-state index contributed by atoms with van der Waals surface area (Å²) in [5.74, 6) is -0.670. The second kappa shape index (κ2) is 9.48. The molecule has 0 fully saturated rings. The van der Waals surface area contributed by atoms with E-state index in [9.17, 15) is 9.59 Å². The van der Waals surface area contributed by atoms with Gasteiger partial charge in [0.1, 0.15) is 11.3 Å². The molecule has 0 aliphatic rings. The van der Waals surface area contributed by atoms with E-state index in [0.29, 0.717) is 26.6 Å². The second-order valence-electron chi connectivity index (χ2n) is 7.35. The van der Waals surface area contributed by atoms with Gasteiger partial charge in [-0.25, -0.2) is 4.79 Å². The summed E-state index contributed by atoms with van der Waals surface area (Å²) in [5.41, 5.74) is 1.28. The first-order chi connectivity index (χ1) is 15.7. The van der Waals surface area contributed by atoms with Gasteiger partial charge in [-0.3, -0.25) is 4.79 Å². The monoisotopic (exact) mass is 502 g/mol. The van der Waals surface area contributed by atoms with E-state index in [1.54, 1.807) is 48.5 Å². The van der Waals surface area contributed by atoms with Gasteiger partial charge in [-0.2, -0.15) is 0 Å². The van der Waals surface area contributed by atoms with E-state index in [2.05, 4.69) is 0 Å². The summed E-state index contributed by atoms with van der Waals surface area (Å²) in [6.45, 7) is 3.34. The van der Waals surface area contributed by atoms with Gasteiger partial charge in [-0.15, -0.1) is 0 Å². The molecular formula is C25H17Cl3O5. The average molecular weight is 504 g/mol. The first kappa shape index (κ1) is 23.2. The molecule has 0 radical (unpaired) electrons. The zero-order chi connectivity index (χ0) is 23.7. The summed E-state index contributed by atoms with van der Waals surface area (Å²) < 4.78 is 17.1. The molecule has 168 valence electrons. The molecule has 0 N–H and O–H groups in total. The number of esters is 1. The van der Waals surface area contributed by atoms with Crippen LogP contribution in [0.15, 0.2) is 69.9 Å². The van der Waals surface area contributed by atoms with Crippen molar-refractivity contribution >= 4 is 51.7 Å². The van der Waals surface area contributed by atoms with Crippen molar-refractivity contribution in [2.75, 3.05) is 0 Å². The summed E-state index contributed by atoms with van der Waals surface area (Å²) in [6.07, 6.45) is -1.07. The highest BCUT2D eigenvalue weighted by molar-refractivity contribution is 6.35. The lowest BCUT2D eigenvalue weighted by molar-refractivity contribution is -0.141. The van der Waals surface area contributed by atoms with Crippen molar-refractivity contribution in [3.8, 4) is 22.8 Å². The van der Waals surface area contributed by atoms with Crippen molar-refractivity contribution in [1.29, 1.82) is 0 Å². The Morgan fingerprint density at radius 3 is 2.33 bits per heavy atom. The molecule has 0 spiro atoms. The van der Waals surface area contributed by atoms with E-state index >= 15 is 0 Å². The van der Waals surface area contributed by atoms with Gasteiger partial charge in [0.25, 0.3) is 0 Å². The number of ether oxygens (including phenoxy) is 2. The molecule has 0 aliphatic carbocycles. The molecule has 1 atom stereocenters. The Morgan fingerprint density at radius 2 is 1.64 bits per heavy atom. The van der Waals surface area contributed by atoms with Crippen molar-refractivity contribution in [2.45, 2.75) is 20.0 Å². The SMILES string of the molecule is Cc1ccc2oc(-c3ccc(Cl)cc3)c(OC(=O)C(C)Oc3ccc(Cl)cc3Cl)c(=O)c2c1. The maximum absolute atomic E-state index is 13.3. The van der Waals surface area contributed by atoms with Crippen LogP contribution >= 0.6 is 34.8 Å². The maximum atomic E-state index is 13.3. The molecule has 3 aromatic carbocycles. The standard InChI is InChI=1S/C25H17Cl3O5/c1-13-3-9-20-18(11-13)22(29)24(23(32-20)15-4-6-16(26)7-5-15)33-25(30)14(2)31-21-10-8-17(27)12-19(21)28/h3-12,14H,1-2H3. The number of aryl methyl sites for hydroxylation is 1. The first-order valence-electron chi connectivity index (χ1n) is 9.89. The average Bonchev–Trinajstić information content (AvgIpc) is 2.78. The molecule has 4 aromatic rings. The summed E-state index contributed by atoms with van der Waals surface area (Å²) in [4.78, 5) is 26.2. The maximum Gasteiger partial charge on any atom is 0.352 e. The number of benzene rings is 3. The Balaban J connectivity index is 1.74. The highest BCUT2D eigenvalue weighted by atomic mass is 35.5. The molecule has 33 heavy (non-hydrogen) atoms. The molecule has 0 bridgehead atoms. The highest BCUT2D eigenvalue weighted by Gasteiger charge is 2.25. The van der Waals surface area contributed by atoms with Crippen LogP contribution in [0.25, 0.3) is 22.3 Å². The first-order valence-corrected chi connectivity index (χ1v) is 11.0. The van der Waals surface area contributed by atoms with Crippen LogP contribution in [0.1, 0.15) is 12.5 Å². The van der Waals surface area contributed by atoms with Crippen LogP contribution in [0.4, 0.5) is 0 Å². The van der Waals surface area contributed by atoms with Crippen LogP contribution in [0.3, 0.4) is 0 Å². The minimum Gasteiger partial charge on any atom is -0.477 e. The third-order valence-electron chi connectivity index (χ3n) is 4.84. The number of fused-ring (bicyclic) bond motifs is 1. The van der Waals surface area contributed by atoms with Crippen LogP contribution < -0.4 is 14.9 Å². The van der Waals surface area contributed by atoms with Crippen molar-refractivity contribution < 1.29 is 18.7 Å². The topological polar surface area (TPSA) is 65.7 Å². The van der Waals surface area contributed by atoms with Crippen molar-refractivity contribution in [2.24, 2.45) is 0 Å². The van der Waals surface area contributed by atoms with Gasteiger partial charge in [0, 0.05) is 15.6 Å². The molecule has 8 heteroatoms. The predicted molar refractivity (Wildman–Crippen MR) is 130 cm³/mol. The fourth-order valence-corrected chi connectivity index (χ4v) is 3.75. The Kier molecular flexibility index (Phi) is 6.66. The van der Waals surface area contributed by atoms with Crippen LogP contribution in [0.5, 0.6) is 11.5 Å². The molecule has 0 amide bonds. The van der Waals surface area contributed by atoms with Crippen molar-refractivity contribution in [3.05, 3.63) is 91.5 Å². The van der Waals surface area contributed by atoms with E-state index in [-0.39, 0.29) is 22.3 Å². The Hall–Kier alpha value is -2.99. The minimum atomic E-state index is -1.07. The zero-order valence-electron chi connectivity index (χ0n) is 17.5. The lowest BCUT2D eigenvalue weighted by Gasteiger charge is -2.16. The molecule has 1 aromatic heterocycles. The molecular weight excluding hydrogens is 487 g/mol. The van der Waals surface area contributed by atoms with Gasteiger partial charge in [-0.05, 0) is 68.4 Å². The van der Waals surface area contributed by atoms with E-state index < -0.39 is 17.5 Å². The number of rotatable bonds is 5. The molecule has 4 rings (SSSR count). The van der Waals surface area contributed by atoms with Gasteiger partial charge in [-0.1, -0.05) is 46.4 Å². The normalized spacial score (nSPS) is 11.9. The van der Waals surface area contributed by atoms with Crippen LogP contribution in [-0.2, 0) is 4.79 Å². The van der Waals surface area contributed by atoms with Gasteiger partial charge in [0.2, 0.25) is 11.2 Å². The Bertz CT molecular complexity index is 1410. The lowest BCUT2D eigenvalue weighted by Crippen LogP contribution is -2.30. The fraction of sp³-hybridized carbons (Fsp3) is 0.120. The third-order valence-corrected chi connectivity index (χ3v) is 5.63. The number of hydrogen-bond donors (Lipinski definition) is 0. The number of hydrogen-bond acceptors (Lipinski definition) is 5. The number of carbonyl (C=O) groups excluding carboxylic acids is 1. The number of halogens is 3. The van der Waals surface area contributed by atoms with E-state index in [4.69, 9.17) is 48.7 Å². The van der Waals surface area contributed by atoms with Crippen LogP contribution in [-0.4, -0.2) is 12.1 Å². The Morgan fingerprint density at radius 1 is 0.939 bits per heavy atom. The minimum absolute atomic E-state index is 0.109. The fourth-order valence-electron chi connectivity index (χ4n) is 3.17. The highest BCUT2D eigenvalue weighted by Crippen LogP contribution is 2.33. The van der Waals surface area contributed by atoms with Gasteiger partial charge in [0.15, 0.2) is 11.9 Å². The molecule has 0 saturated heterocycles. The van der Waals surface area contributed by atoms with Gasteiger partial charge < -0.3 is 13.9 Å². The summed E-state index contributed by atoms with van der Waals surface area (Å²) >= 11 is 18.0. The number of carbonyl (C=O) groups is 1. The summed E-state index contributed by atoms with van der Waals surface area (Å²) in [5, 5.41) is 1.48. The van der Waals surface area contributed by atoms with Crippen LogP contribution in [0.2, 0.25) is 15.1 Å². The van der Waals surface area contributed by atoms with E-state index in [0.717, 1.165) is 5.56 Å². The summed E-state index contributed by atoms with van der Waals surface area (Å²) in [6, 6.07) is 16.5. The zero-order valence-corrected chi connectivity index (χ0v) is 19.8. The molecule has 1 heterocycles. The lowest BCUT2D eigenvalue weighted by atomic mass is 10.1. The summed E-state index contributed by atoms with van der Waals surface area (Å²) in [7, 11) is 0. The second-order valence-corrected chi connectivity index (χ2v) is 8.63. The molecule has 0 aliphatic heterocycles. The van der Waals surface area contributed by atoms with Crippen LogP contribution in [0, 0.1) is 6.92 Å². The van der Waals surface area contributed by atoms with Gasteiger partial charge >= 0.3 is 5.97 Å². The van der Waals surface area contributed by atoms with E-state index in [1.807, 2.05) is 13.0 Å². The Labute approximate surface area is 204 Å². The van der Waals surface area contributed by atoms with Gasteiger partial charge in [0.05, 0.1) is 10.4 Å². The molecule has 5 nitrogen and oxygen atoms in total. The van der Waals surface area contributed by atoms with Crippen molar-refractivity contribution in [1.82, 2.24) is 0 Å². The van der Waals surface area contributed by atoms with E-state index in [1.165, 1.54) is 13.0 Å². The van der Waals surface area contributed by atoms with Crippen molar-refractivity contribution in [3.63, 3.8) is 0 Å². The third kappa shape index (κ3) is 5.01. The largest absolute Gasteiger partial charge is 0.477 e. The predicted octanol–water partition coefficient (Wildman–Crippen LogP) is 7.10. The molecule has 0 saturated carbocycles. The molecule has 1 unspecified atom stereocenters. The quantitative estimate of drug-likeness (QED) is 0.272. The smallest absolute Gasteiger partial charge is 0.352 e.